The van der Waals surface area contributed by atoms with Crippen LogP contribution in [0.1, 0.15) is 31.2 Å². The van der Waals surface area contributed by atoms with Crippen molar-refractivity contribution in [1.29, 1.82) is 0 Å². The molecular formula is C20H24N4O3S. The van der Waals surface area contributed by atoms with Crippen molar-refractivity contribution >= 4 is 21.7 Å². The highest BCUT2D eigenvalue weighted by Gasteiger charge is 2.41. The minimum Gasteiger partial charge on any atom is -0.334 e. The van der Waals surface area contributed by atoms with E-state index in [9.17, 15) is 13.2 Å². The van der Waals surface area contributed by atoms with Gasteiger partial charge in [-0.05, 0) is 67.0 Å². The van der Waals surface area contributed by atoms with E-state index in [2.05, 4.69) is 20.3 Å². The van der Waals surface area contributed by atoms with Gasteiger partial charge in [0, 0.05) is 30.7 Å². The number of carbonyl (C=O) groups excluding carboxylic acids is 1. The predicted molar refractivity (Wildman–Crippen MR) is 106 cm³/mol. The maximum Gasteiger partial charge on any atom is 0.319 e. The van der Waals surface area contributed by atoms with E-state index < -0.39 is 10.0 Å². The normalized spacial score (nSPS) is 23.5. The van der Waals surface area contributed by atoms with Crippen molar-refractivity contribution < 1.29 is 13.2 Å². The molecule has 2 fully saturated rings. The summed E-state index contributed by atoms with van der Waals surface area (Å²) in [6, 6.07) is 9.60. The summed E-state index contributed by atoms with van der Waals surface area (Å²) < 4.78 is 28.1. The number of amides is 2. The zero-order valence-electron chi connectivity index (χ0n) is 15.5. The Morgan fingerprint density at radius 1 is 1.11 bits per heavy atom. The number of benzene rings is 1. The zero-order chi connectivity index (χ0) is 19.6. The summed E-state index contributed by atoms with van der Waals surface area (Å²) in [5, 5.41) is 5.44. The van der Waals surface area contributed by atoms with E-state index in [0.29, 0.717) is 24.1 Å². The van der Waals surface area contributed by atoms with Crippen LogP contribution in [0, 0.1) is 11.8 Å². The predicted octanol–water partition coefficient (Wildman–Crippen LogP) is 2.87. The molecule has 2 aliphatic carbocycles. The van der Waals surface area contributed by atoms with Crippen LogP contribution in [0.3, 0.4) is 0 Å². The summed E-state index contributed by atoms with van der Waals surface area (Å²) in [7, 11) is -3.54. The maximum atomic E-state index is 12.6. The average molecular weight is 401 g/mol. The number of sulfonamides is 1. The Kier molecular flexibility index (Phi) is 5.32. The zero-order valence-corrected chi connectivity index (χ0v) is 16.3. The largest absolute Gasteiger partial charge is 0.334 e. The third-order valence-corrected chi connectivity index (χ3v) is 7.15. The maximum absolute atomic E-state index is 12.6. The topological polar surface area (TPSA) is 100 Å². The molecule has 2 amide bonds. The molecule has 0 saturated heterocycles. The fourth-order valence-corrected chi connectivity index (χ4v) is 5.55. The number of anilines is 1. The molecule has 0 unspecified atom stereocenters. The van der Waals surface area contributed by atoms with Crippen molar-refractivity contribution in [3.8, 4) is 0 Å². The van der Waals surface area contributed by atoms with E-state index in [4.69, 9.17) is 0 Å². The van der Waals surface area contributed by atoms with Crippen molar-refractivity contribution in [3.63, 3.8) is 0 Å². The number of hydrogen-bond acceptors (Lipinski definition) is 4. The molecule has 1 aromatic heterocycles. The van der Waals surface area contributed by atoms with E-state index in [1.807, 2.05) is 6.07 Å². The van der Waals surface area contributed by atoms with Gasteiger partial charge in [-0.25, -0.2) is 17.9 Å². The Hall–Kier alpha value is -2.45. The third kappa shape index (κ3) is 4.34. The van der Waals surface area contributed by atoms with Crippen LogP contribution < -0.4 is 15.4 Å². The second kappa shape index (κ2) is 7.89. The molecule has 28 heavy (non-hydrogen) atoms. The Balaban J connectivity index is 1.32. The Morgan fingerprint density at radius 2 is 1.93 bits per heavy atom. The van der Waals surface area contributed by atoms with E-state index in [1.165, 1.54) is 18.6 Å². The fraction of sp³-hybridized carbons (Fsp3) is 0.400. The van der Waals surface area contributed by atoms with Gasteiger partial charge in [0.25, 0.3) is 0 Å². The van der Waals surface area contributed by atoms with Gasteiger partial charge in [-0.1, -0.05) is 12.5 Å². The number of nitrogens with one attached hydrogen (secondary N) is 3. The lowest BCUT2D eigenvalue weighted by molar-refractivity contribution is 0.251. The van der Waals surface area contributed by atoms with E-state index >= 15 is 0 Å². The molecule has 1 heterocycles. The standard InChI is InChI=1S/C20H24N4O3S/c25-20(22-13-15-2-1-9-21-12-15)23-17-5-7-18(8-6-17)28(26,27)24-19-11-14-3-4-16(19)10-14/h1-2,5-9,12,14,16,19,24H,3-4,10-11,13H2,(H2,22,23,25)/t14-,16+,19+/m1/s1. The monoisotopic (exact) mass is 400 g/mol. The van der Waals surface area contributed by atoms with Crippen LogP contribution in [0.4, 0.5) is 10.5 Å². The van der Waals surface area contributed by atoms with Gasteiger partial charge in [0.1, 0.15) is 0 Å². The molecule has 2 bridgehead atoms. The first-order valence-electron chi connectivity index (χ1n) is 9.56. The summed E-state index contributed by atoms with van der Waals surface area (Å²) in [5.41, 5.74) is 1.42. The molecule has 2 aliphatic rings. The van der Waals surface area contributed by atoms with Gasteiger partial charge in [0.15, 0.2) is 0 Å². The van der Waals surface area contributed by atoms with Crippen LogP contribution >= 0.6 is 0 Å². The van der Waals surface area contributed by atoms with Crippen LogP contribution in [0.15, 0.2) is 53.7 Å². The van der Waals surface area contributed by atoms with Crippen molar-refractivity contribution in [3.05, 3.63) is 54.4 Å². The van der Waals surface area contributed by atoms with Crippen molar-refractivity contribution in [2.75, 3.05) is 5.32 Å². The second-order valence-electron chi connectivity index (χ2n) is 7.60. The molecule has 2 aromatic rings. The highest BCUT2D eigenvalue weighted by molar-refractivity contribution is 7.89. The van der Waals surface area contributed by atoms with Crippen molar-refractivity contribution in [1.82, 2.24) is 15.0 Å². The summed E-state index contributed by atoms with van der Waals surface area (Å²) in [6.45, 7) is 0.361. The second-order valence-corrected chi connectivity index (χ2v) is 9.31. The molecule has 7 nitrogen and oxygen atoms in total. The number of hydrogen-bond donors (Lipinski definition) is 3. The molecule has 0 spiro atoms. The molecule has 3 atom stereocenters. The molecular weight excluding hydrogens is 376 g/mol. The Morgan fingerprint density at radius 3 is 2.57 bits per heavy atom. The van der Waals surface area contributed by atoms with Gasteiger partial charge in [0.2, 0.25) is 10.0 Å². The van der Waals surface area contributed by atoms with Crippen LogP contribution in [0.25, 0.3) is 0 Å². The summed E-state index contributed by atoms with van der Waals surface area (Å²) in [5.74, 6) is 1.15. The first-order chi connectivity index (χ1) is 13.5. The number of carbonyl (C=O) groups is 1. The lowest BCUT2D eigenvalue weighted by Gasteiger charge is -2.22. The number of pyridine rings is 1. The van der Waals surface area contributed by atoms with Gasteiger partial charge < -0.3 is 10.6 Å². The Labute approximate surface area is 165 Å². The van der Waals surface area contributed by atoms with E-state index in [0.717, 1.165) is 24.8 Å². The third-order valence-electron chi connectivity index (χ3n) is 5.64. The van der Waals surface area contributed by atoms with Gasteiger partial charge in [-0.2, -0.15) is 0 Å². The summed E-state index contributed by atoms with van der Waals surface area (Å²) in [6.07, 6.45) is 7.79. The van der Waals surface area contributed by atoms with Crippen molar-refractivity contribution in [2.24, 2.45) is 11.8 Å². The number of fused-ring (bicyclic) bond motifs is 2. The fourth-order valence-electron chi connectivity index (χ4n) is 4.23. The number of rotatable bonds is 6. The van der Waals surface area contributed by atoms with Gasteiger partial charge >= 0.3 is 6.03 Å². The minimum absolute atomic E-state index is 0.0554. The van der Waals surface area contributed by atoms with Crippen LogP contribution in [0.5, 0.6) is 0 Å². The quantitative estimate of drug-likeness (QED) is 0.694. The molecule has 8 heteroatoms. The van der Waals surface area contributed by atoms with Crippen molar-refractivity contribution in [2.45, 2.75) is 43.2 Å². The first kappa shape index (κ1) is 18.9. The first-order valence-corrected chi connectivity index (χ1v) is 11.0. The molecule has 0 radical (unpaired) electrons. The molecule has 1 aromatic carbocycles. The molecule has 148 valence electrons. The van der Waals surface area contributed by atoms with Gasteiger partial charge in [-0.3, -0.25) is 4.98 Å². The summed E-state index contributed by atoms with van der Waals surface area (Å²) in [4.78, 5) is 16.2. The number of nitrogens with zero attached hydrogens (tertiary/aromatic N) is 1. The van der Waals surface area contributed by atoms with Gasteiger partial charge in [0.05, 0.1) is 4.90 Å². The molecule has 0 aliphatic heterocycles. The number of urea groups is 1. The van der Waals surface area contributed by atoms with Crippen LogP contribution in [0.2, 0.25) is 0 Å². The molecule has 3 N–H and O–H groups in total. The van der Waals surface area contributed by atoms with E-state index in [1.54, 1.807) is 30.6 Å². The highest BCUT2D eigenvalue weighted by Crippen LogP contribution is 2.44. The minimum atomic E-state index is -3.54. The van der Waals surface area contributed by atoms with E-state index in [-0.39, 0.29) is 17.0 Å². The summed E-state index contributed by atoms with van der Waals surface area (Å²) >= 11 is 0. The number of aromatic nitrogens is 1. The highest BCUT2D eigenvalue weighted by atomic mass is 32.2. The van der Waals surface area contributed by atoms with Crippen LogP contribution in [-0.4, -0.2) is 25.5 Å². The lowest BCUT2D eigenvalue weighted by atomic mass is 9.96. The van der Waals surface area contributed by atoms with Crippen LogP contribution in [-0.2, 0) is 16.6 Å². The Bertz CT molecular complexity index is 932. The SMILES string of the molecule is O=C(NCc1cccnc1)Nc1ccc(S(=O)(=O)N[C@H]2C[C@@H]3CC[C@H]2C3)cc1. The molecule has 4 rings (SSSR count). The average Bonchev–Trinajstić information content (AvgIpc) is 3.30. The smallest absolute Gasteiger partial charge is 0.319 e. The van der Waals surface area contributed by atoms with Gasteiger partial charge in [-0.15, -0.1) is 0 Å². The molecule has 2 saturated carbocycles. The lowest BCUT2D eigenvalue weighted by Crippen LogP contribution is -2.38.